The van der Waals surface area contributed by atoms with Crippen molar-refractivity contribution < 1.29 is 4.74 Å². The minimum absolute atomic E-state index is 0.636. The minimum Gasteiger partial charge on any atom is -0.379 e. The number of nitrogens with two attached hydrogens (primary N) is 1. The maximum absolute atomic E-state index is 5.14. The lowest BCUT2D eigenvalue weighted by molar-refractivity contribution is 0.159. The molecule has 0 aliphatic rings. The van der Waals surface area contributed by atoms with E-state index in [1.165, 1.54) is 0 Å². The van der Waals surface area contributed by atoms with Gasteiger partial charge in [-0.25, -0.2) is 0 Å². The predicted molar refractivity (Wildman–Crippen MR) is 38.8 cm³/mol. The first-order valence-corrected chi connectivity index (χ1v) is 3.78. The third kappa shape index (κ3) is 6.65. The molecule has 0 aromatic rings. The summed E-state index contributed by atoms with van der Waals surface area (Å²) < 4.78 is 6.05. The first kappa shape index (κ1) is 7.65. The van der Waals surface area contributed by atoms with Gasteiger partial charge in [0.05, 0.1) is 13.2 Å². The Bertz CT molecular complexity index is 30.9. The van der Waals surface area contributed by atoms with Crippen LogP contribution in [0.4, 0.5) is 0 Å². The fourth-order valence-electron chi connectivity index (χ4n) is 0.240. The zero-order chi connectivity index (χ0) is 5.54. The first-order chi connectivity index (χ1) is 3.41. The molecular formula is C4H10INO. The topological polar surface area (TPSA) is 35.2 Å². The summed E-state index contributed by atoms with van der Waals surface area (Å²) in [5, 5.41) is 0. The summed E-state index contributed by atoms with van der Waals surface area (Å²) in [5.41, 5.74) is 5.14. The van der Waals surface area contributed by atoms with Crippen LogP contribution in [0.15, 0.2) is 0 Å². The molecular weight excluding hydrogens is 205 g/mol. The number of hydrogen-bond acceptors (Lipinski definition) is 2. The van der Waals surface area contributed by atoms with E-state index in [1.807, 2.05) is 0 Å². The molecule has 0 amide bonds. The molecule has 2 N–H and O–H groups in total. The normalized spacial score (nSPS) is 9.43. The molecule has 0 aromatic carbocycles. The van der Waals surface area contributed by atoms with Gasteiger partial charge in [0.25, 0.3) is 0 Å². The second kappa shape index (κ2) is 6.65. The number of rotatable bonds is 4. The second-order valence-corrected chi connectivity index (χ2v) is 2.17. The molecule has 0 rings (SSSR count). The SMILES string of the molecule is NCCOCCI. The Balaban J connectivity index is 2.45. The maximum Gasteiger partial charge on any atom is 0.0589 e. The molecule has 0 radical (unpaired) electrons. The largest absolute Gasteiger partial charge is 0.379 e. The summed E-state index contributed by atoms with van der Waals surface area (Å²) in [5.74, 6) is 0. The van der Waals surface area contributed by atoms with E-state index in [9.17, 15) is 0 Å². The lowest BCUT2D eigenvalue weighted by Crippen LogP contribution is -2.09. The van der Waals surface area contributed by atoms with Crippen molar-refractivity contribution in [3.05, 3.63) is 0 Å². The van der Waals surface area contributed by atoms with Crippen LogP contribution in [0.1, 0.15) is 0 Å². The Morgan fingerprint density at radius 2 is 2.14 bits per heavy atom. The van der Waals surface area contributed by atoms with E-state index in [-0.39, 0.29) is 0 Å². The second-order valence-electron chi connectivity index (χ2n) is 1.09. The summed E-state index contributed by atoms with van der Waals surface area (Å²) in [6.07, 6.45) is 0. The van der Waals surface area contributed by atoms with Crippen LogP contribution in [0.25, 0.3) is 0 Å². The molecule has 0 fully saturated rings. The maximum atomic E-state index is 5.14. The van der Waals surface area contributed by atoms with Crippen LogP contribution in [0.5, 0.6) is 0 Å². The predicted octanol–water partition coefficient (Wildman–Crippen LogP) is 0.397. The number of alkyl halides is 1. The van der Waals surface area contributed by atoms with Crippen molar-refractivity contribution in [2.75, 3.05) is 24.2 Å². The summed E-state index contributed by atoms with van der Waals surface area (Å²) in [4.78, 5) is 0. The molecule has 3 heteroatoms. The molecule has 0 spiro atoms. The highest BCUT2D eigenvalue weighted by atomic mass is 127. The quantitative estimate of drug-likeness (QED) is 0.418. The fraction of sp³-hybridized carbons (Fsp3) is 1.00. The molecule has 0 bridgehead atoms. The molecule has 7 heavy (non-hydrogen) atoms. The third-order valence-electron chi connectivity index (χ3n) is 0.484. The van der Waals surface area contributed by atoms with Gasteiger partial charge >= 0.3 is 0 Å². The van der Waals surface area contributed by atoms with Crippen LogP contribution in [-0.4, -0.2) is 24.2 Å². The average Bonchev–Trinajstić information content (AvgIpc) is 1.69. The Hall–Kier alpha value is 0.650. The van der Waals surface area contributed by atoms with Gasteiger partial charge in [0, 0.05) is 11.0 Å². The lowest BCUT2D eigenvalue weighted by atomic mass is 10.7. The highest BCUT2D eigenvalue weighted by Gasteiger charge is 1.78. The highest BCUT2D eigenvalue weighted by molar-refractivity contribution is 14.1. The van der Waals surface area contributed by atoms with Gasteiger partial charge in [0.1, 0.15) is 0 Å². The molecule has 0 aliphatic carbocycles. The van der Waals surface area contributed by atoms with Gasteiger partial charge < -0.3 is 10.5 Å². The lowest BCUT2D eigenvalue weighted by Gasteiger charge is -1.94. The molecule has 0 saturated carbocycles. The van der Waals surface area contributed by atoms with Crippen molar-refractivity contribution in [3.8, 4) is 0 Å². The van der Waals surface area contributed by atoms with Crippen molar-refractivity contribution in [2.24, 2.45) is 5.73 Å². The van der Waals surface area contributed by atoms with Crippen molar-refractivity contribution in [1.29, 1.82) is 0 Å². The number of halogens is 1. The van der Waals surface area contributed by atoms with Gasteiger partial charge in [0.15, 0.2) is 0 Å². The van der Waals surface area contributed by atoms with Crippen LogP contribution in [0.2, 0.25) is 0 Å². The summed E-state index contributed by atoms with van der Waals surface area (Å²) in [6, 6.07) is 0. The molecule has 0 heterocycles. The van der Waals surface area contributed by atoms with Crippen molar-refractivity contribution in [3.63, 3.8) is 0 Å². The van der Waals surface area contributed by atoms with Crippen molar-refractivity contribution in [1.82, 2.24) is 0 Å². The molecule has 0 saturated heterocycles. The van der Waals surface area contributed by atoms with E-state index < -0.39 is 0 Å². The van der Waals surface area contributed by atoms with Gasteiger partial charge in [-0.05, 0) is 0 Å². The molecule has 0 aliphatic heterocycles. The van der Waals surface area contributed by atoms with Crippen LogP contribution in [0, 0.1) is 0 Å². The zero-order valence-corrected chi connectivity index (χ0v) is 6.35. The Labute approximate surface area is 57.5 Å². The minimum atomic E-state index is 0.636. The summed E-state index contributed by atoms with van der Waals surface area (Å²) in [7, 11) is 0. The van der Waals surface area contributed by atoms with E-state index in [2.05, 4.69) is 22.6 Å². The van der Waals surface area contributed by atoms with Crippen molar-refractivity contribution >= 4 is 22.6 Å². The number of ether oxygens (including phenoxy) is 1. The van der Waals surface area contributed by atoms with Gasteiger partial charge in [0.2, 0.25) is 0 Å². The Morgan fingerprint density at radius 1 is 1.43 bits per heavy atom. The monoisotopic (exact) mass is 215 g/mol. The Kier molecular flexibility index (Phi) is 7.27. The smallest absolute Gasteiger partial charge is 0.0589 e. The van der Waals surface area contributed by atoms with Gasteiger partial charge in [-0.15, -0.1) is 0 Å². The van der Waals surface area contributed by atoms with Crippen LogP contribution < -0.4 is 5.73 Å². The van der Waals surface area contributed by atoms with E-state index >= 15 is 0 Å². The summed E-state index contributed by atoms with van der Waals surface area (Å²) >= 11 is 2.26. The zero-order valence-electron chi connectivity index (χ0n) is 4.19. The van der Waals surface area contributed by atoms with E-state index in [0.29, 0.717) is 13.2 Å². The summed E-state index contributed by atoms with van der Waals surface area (Å²) in [6.45, 7) is 2.16. The van der Waals surface area contributed by atoms with Crippen molar-refractivity contribution in [2.45, 2.75) is 0 Å². The Morgan fingerprint density at radius 3 is 2.57 bits per heavy atom. The van der Waals surface area contributed by atoms with E-state index in [4.69, 9.17) is 10.5 Å². The average molecular weight is 215 g/mol. The molecule has 0 aromatic heterocycles. The molecule has 0 unspecified atom stereocenters. The standard InChI is InChI=1S/C4H10INO/c5-1-3-7-4-2-6/h1-4,6H2. The van der Waals surface area contributed by atoms with E-state index in [0.717, 1.165) is 11.0 Å². The first-order valence-electron chi connectivity index (χ1n) is 2.25. The van der Waals surface area contributed by atoms with Gasteiger partial charge in [-0.2, -0.15) is 0 Å². The molecule has 44 valence electrons. The molecule has 0 atom stereocenters. The van der Waals surface area contributed by atoms with Gasteiger partial charge in [-0.3, -0.25) is 0 Å². The van der Waals surface area contributed by atoms with Crippen LogP contribution >= 0.6 is 22.6 Å². The van der Waals surface area contributed by atoms with Crippen LogP contribution in [0.3, 0.4) is 0 Å². The number of hydrogen-bond donors (Lipinski definition) is 1. The van der Waals surface area contributed by atoms with Gasteiger partial charge in [-0.1, -0.05) is 22.6 Å². The highest BCUT2D eigenvalue weighted by Crippen LogP contribution is 1.80. The fourth-order valence-corrected chi connectivity index (χ4v) is 0.551. The van der Waals surface area contributed by atoms with Crippen LogP contribution in [-0.2, 0) is 4.74 Å². The third-order valence-corrected chi connectivity index (χ3v) is 0.924. The van der Waals surface area contributed by atoms with E-state index in [1.54, 1.807) is 0 Å². The molecule has 2 nitrogen and oxygen atoms in total.